The van der Waals surface area contributed by atoms with Crippen LogP contribution >= 0.6 is 11.3 Å². The molecule has 3 N–H and O–H groups in total. The van der Waals surface area contributed by atoms with Gasteiger partial charge in [-0.25, -0.2) is 4.98 Å². The summed E-state index contributed by atoms with van der Waals surface area (Å²) in [5.74, 6) is 0. The number of hydrogen-bond donors (Lipinski definition) is 3. The van der Waals surface area contributed by atoms with Gasteiger partial charge in [-0.2, -0.15) is 0 Å². The summed E-state index contributed by atoms with van der Waals surface area (Å²) in [6.45, 7) is 7.83. The van der Waals surface area contributed by atoms with Crippen molar-refractivity contribution in [3.63, 3.8) is 0 Å². The lowest BCUT2D eigenvalue weighted by Gasteiger charge is -2.33. The fraction of sp³-hybridized carbons (Fsp3) is 0.750. The number of aliphatic hydroxyl groups excluding tert-OH is 2. The molecule has 0 saturated carbocycles. The van der Waals surface area contributed by atoms with Crippen molar-refractivity contribution in [1.82, 2.24) is 10.3 Å². The molecule has 1 heterocycles. The first-order chi connectivity index (χ1) is 7.98. The van der Waals surface area contributed by atoms with Gasteiger partial charge in [-0.05, 0) is 27.2 Å². The van der Waals surface area contributed by atoms with Gasteiger partial charge in [-0.15, -0.1) is 11.3 Å². The van der Waals surface area contributed by atoms with Crippen LogP contribution in [0.4, 0.5) is 0 Å². The summed E-state index contributed by atoms with van der Waals surface area (Å²) in [4.78, 5) is 5.56. The minimum Gasteiger partial charge on any atom is -0.394 e. The highest BCUT2D eigenvalue weighted by atomic mass is 32.1. The molecule has 1 aromatic heterocycles. The highest BCUT2D eigenvalue weighted by Gasteiger charge is 2.29. The summed E-state index contributed by atoms with van der Waals surface area (Å²) in [6.07, 6.45) is 0.682. The molecular formula is C12H22N2O2S. The first-order valence-corrected chi connectivity index (χ1v) is 6.73. The second-order valence-corrected chi connectivity index (χ2v) is 5.73. The van der Waals surface area contributed by atoms with E-state index in [1.807, 2.05) is 27.7 Å². The van der Waals surface area contributed by atoms with E-state index in [1.165, 1.54) is 4.88 Å². The Bertz CT molecular complexity index is 353. The molecule has 0 aromatic carbocycles. The Balaban J connectivity index is 2.84. The van der Waals surface area contributed by atoms with Gasteiger partial charge in [0.15, 0.2) is 0 Å². The predicted octanol–water partition coefficient (Wildman–Crippen LogP) is 1.54. The number of thiazole rings is 1. The van der Waals surface area contributed by atoms with Crippen molar-refractivity contribution in [3.8, 4) is 0 Å². The fourth-order valence-corrected chi connectivity index (χ4v) is 2.87. The number of nitrogens with zero attached hydrogens (tertiary/aromatic N) is 1. The molecule has 1 unspecified atom stereocenters. The number of nitrogens with one attached hydrogen (secondary N) is 1. The molecule has 0 saturated heterocycles. The maximum atomic E-state index is 9.41. The maximum absolute atomic E-state index is 9.41. The molecule has 17 heavy (non-hydrogen) atoms. The molecule has 0 amide bonds. The van der Waals surface area contributed by atoms with Crippen LogP contribution in [0.25, 0.3) is 0 Å². The van der Waals surface area contributed by atoms with Crippen LogP contribution in [0.1, 0.15) is 41.9 Å². The molecule has 1 rings (SSSR count). The Morgan fingerprint density at radius 3 is 2.29 bits per heavy atom. The summed E-state index contributed by atoms with van der Waals surface area (Å²) in [5, 5.41) is 23.2. The molecule has 0 aliphatic carbocycles. The van der Waals surface area contributed by atoms with Crippen molar-refractivity contribution >= 4 is 11.3 Å². The number of aryl methyl sites for hydroxylation is 2. The Hall–Kier alpha value is -0.490. The highest BCUT2D eigenvalue weighted by Crippen LogP contribution is 2.26. The maximum Gasteiger partial charge on any atom is 0.0900 e. The monoisotopic (exact) mass is 258 g/mol. The zero-order valence-electron chi connectivity index (χ0n) is 10.9. The molecule has 0 fully saturated rings. The largest absolute Gasteiger partial charge is 0.394 e. The first-order valence-electron chi connectivity index (χ1n) is 5.91. The quantitative estimate of drug-likeness (QED) is 0.724. The van der Waals surface area contributed by atoms with E-state index in [2.05, 4.69) is 10.3 Å². The van der Waals surface area contributed by atoms with Crippen molar-refractivity contribution in [2.24, 2.45) is 0 Å². The molecular weight excluding hydrogens is 236 g/mol. The van der Waals surface area contributed by atoms with Crippen LogP contribution in [0.3, 0.4) is 0 Å². The summed E-state index contributed by atoms with van der Waals surface area (Å²) in [5.41, 5.74) is 0.414. The number of aliphatic hydroxyl groups is 2. The van der Waals surface area contributed by atoms with E-state index in [4.69, 9.17) is 0 Å². The molecule has 0 radical (unpaired) electrons. The Kier molecular flexibility index (Phi) is 5.06. The molecule has 0 aliphatic heterocycles. The predicted molar refractivity (Wildman–Crippen MR) is 70.3 cm³/mol. The van der Waals surface area contributed by atoms with E-state index in [-0.39, 0.29) is 19.3 Å². The lowest BCUT2D eigenvalue weighted by Crippen LogP contribution is -2.52. The summed E-state index contributed by atoms with van der Waals surface area (Å²) in [7, 11) is 0. The third-order valence-electron chi connectivity index (χ3n) is 3.14. The van der Waals surface area contributed by atoms with Gasteiger partial charge in [-0.3, -0.25) is 5.32 Å². The zero-order chi connectivity index (χ0) is 13.1. The minimum absolute atomic E-state index is 0.0683. The van der Waals surface area contributed by atoms with Gasteiger partial charge in [0.1, 0.15) is 0 Å². The van der Waals surface area contributed by atoms with E-state index in [0.29, 0.717) is 6.42 Å². The standard InChI is InChI=1S/C12H22N2O2S/c1-5-12(6-15,7-16)14-9(3)11-8(2)13-10(4)17-11/h9,14-16H,5-7H2,1-4H3. The summed E-state index contributed by atoms with van der Waals surface area (Å²) < 4.78 is 0. The van der Waals surface area contributed by atoms with E-state index >= 15 is 0 Å². The van der Waals surface area contributed by atoms with Crippen molar-refractivity contribution < 1.29 is 10.2 Å². The Morgan fingerprint density at radius 2 is 1.94 bits per heavy atom. The molecule has 4 nitrogen and oxygen atoms in total. The molecule has 1 aromatic rings. The lowest BCUT2D eigenvalue weighted by molar-refractivity contribution is 0.0795. The van der Waals surface area contributed by atoms with Gasteiger partial charge in [0, 0.05) is 10.9 Å². The van der Waals surface area contributed by atoms with Crippen molar-refractivity contribution in [1.29, 1.82) is 0 Å². The van der Waals surface area contributed by atoms with Gasteiger partial charge < -0.3 is 10.2 Å². The van der Waals surface area contributed by atoms with Crippen molar-refractivity contribution in [3.05, 3.63) is 15.6 Å². The molecule has 0 spiro atoms. The highest BCUT2D eigenvalue weighted by molar-refractivity contribution is 7.11. The Labute approximate surface area is 107 Å². The first kappa shape index (κ1) is 14.6. The van der Waals surface area contributed by atoms with Crippen LogP contribution in [-0.2, 0) is 0 Å². The molecule has 0 bridgehead atoms. The van der Waals surface area contributed by atoms with E-state index in [0.717, 1.165) is 10.7 Å². The van der Waals surface area contributed by atoms with Crippen molar-refractivity contribution in [2.45, 2.75) is 45.7 Å². The van der Waals surface area contributed by atoms with Crippen molar-refractivity contribution in [2.75, 3.05) is 13.2 Å². The Morgan fingerprint density at radius 1 is 1.35 bits per heavy atom. The SMILES string of the molecule is CCC(CO)(CO)NC(C)c1sc(C)nc1C. The van der Waals surface area contributed by atoms with E-state index in [1.54, 1.807) is 11.3 Å². The summed E-state index contributed by atoms with van der Waals surface area (Å²) in [6, 6.07) is 0.0837. The minimum atomic E-state index is -0.607. The van der Waals surface area contributed by atoms with E-state index in [9.17, 15) is 10.2 Å². The van der Waals surface area contributed by atoms with Gasteiger partial charge in [0.2, 0.25) is 0 Å². The smallest absolute Gasteiger partial charge is 0.0900 e. The number of hydrogen-bond acceptors (Lipinski definition) is 5. The van der Waals surface area contributed by atoms with Crippen LogP contribution in [0, 0.1) is 13.8 Å². The van der Waals surface area contributed by atoms with Crippen LogP contribution in [-0.4, -0.2) is 33.9 Å². The number of rotatable bonds is 6. The van der Waals surface area contributed by atoms with Crippen LogP contribution < -0.4 is 5.32 Å². The van der Waals surface area contributed by atoms with Crippen LogP contribution in [0.2, 0.25) is 0 Å². The molecule has 1 atom stereocenters. The average molecular weight is 258 g/mol. The second kappa shape index (κ2) is 5.91. The lowest BCUT2D eigenvalue weighted by atomic mass is 9.97. The summed E-state index contributed by atoms with van der Waals surface area (Å²) >= 11 is 1.66. The van der Waals surface area contributed by atoms with Gasteiger partial charge in [0.25, 0.3) is 0 Å². The van der Waals surface area contributed by atoms with Crippen LogP contribution in [0.5, 0.6) is 0 Å². The molecule has 5 heteroatoms. The van der Waals surface area contributed by atoms with E-state index < -0.39 is 5.54 Å². The van der Waals surface area contributed by atoms with Gasteiger partial charge in [-0.1, -0.05) is 6.92 Å². The zero-order valence-corrected chi connectivity index (χ0v) is 11.8. The third-order valence-corrected chi connectivity index (χ3v) is 4.39. The molecule has 0 aliphatic rings. The van der Waals surface area contributed by atoms with Crippen LogP contribution in [0.15, 0.2) is 0 Å². The number of aromatic nitrogens is 1. The fourth-order valence-electron chi connectivity index (χ4n) is 1.94. The average Bonchev–Trinajstić information content (AvgIpc) is 2.65. The normalized spacial score (nSPS) is 14.0. The van der Waals surface area contributed by atoms with Gasteiger partial charge >= 0.3 is 0 Å². The molecule has 98 valence electrons. The van der Waals surface area contributed by atoms with Gasteiger partial charge in [0.05, 0.1) is 29.5 Å². The second-order valence-electron chi connectivity index (χ2n) is 4.50. The topological polar surface area (TPSA) is 65.4 Å². The third kappa shape index (κ3) is 3.25.